The van der Waals surface area contributed by atoms with Crippen molar-refractivity contribution in [2.45, 2.75) is 34.6 Å². The van der Waals surface area contributed by atoms with E-state index in [1.54, 1.807) is 27.7 Å². The van der Waals surface area contributed by atoms with Gasteiger partial charge in [0.2, 0.25) is 0 Å². The number of carbonyl (C=O) groups is 5. The fraction of sp³-hybridized carbons (Fsp3) is 0.233. The maximum absolute atomic E-state index is 12.7. The Morgan fingerprint density at radius 3 is 1.15 bits per heavy atom. The van der Waals surface area contributed by atoms with Crippen molar-refractivity contribution in [1.29, 1.82) is 0 Å². The minimum atomic E-state index is -0.735. The number of esters is 4. The van der Waals surface area contributed by atoms with Crippen LogP contribution in [0, 0.1) is 11.8 Å². The Morgan fingerprint density at radius 1 is 0.487 bits per heavy atom. The van der Waals surface area contributed by atoms with Crippen molar-refractivity contribution in [1.82, 2.24) is 0 Å². The van der Waals surface area contributed by atoms with E-state index in [0.717, 1.165) is 0 Å². The van der Waals surface area contributed by atoms with E-state index in [1.165, 1.54) is 73.7 Å². The Labute approximate surface area is 225 Å². The van der Waals surface area contributed by atoms with E-state index >= 15 is 0 Å². The summed E-state index contributed by atoms with van der Waals surface area (Å²) < 4.78 is 21.2. The average molecular weight is 533 g/mol. The van der Waals surface area contributed by atoms with Gasteiger partial charge in [-0.25, -0.2) is 9.59 Å². The summed E-state index contributed by atoms with van der Waals surface area (Å²) in [6, 6.07) is 15.6. The second-order valence-electron chi connectivity index (χ2n) is 9.23. The molecule has 9 nitrogen and oxygen atoms in total. The van der Waals surface area contributed by atoms with E-state index in [4.69, 9.17) is 18.9 Å². The van der Waals surface area contributed by atoms with E-state index < -0.39 is 23.9 Å². The molecule has 0 saturated carbocycles. The van der Waals surface area contributed by atoms with E-state index in [9.17, 15) is 24.0 Å². The standard InChI is InChI=1S/C30H28O9/c1-17(2)27(32)36-23-10-6-20(7-11-23)29(34)38-25-14-22(19(5)31)15-26(16-25)39-30(35)21-8-12-24(13-9-21)37-28(33)18(3)4/h6-18H,1-5H3. The van der Waals surface area contributed by atoms with E-state index in [1.807, 2.05) is 0 Å². The molecule has 0 saturated heterocycles. The first-order chi connectivity index (χ1) is 18.4. The highest BCUT2D eigenvalue weighted by Gasteiger charge is 2.17. The zero-order valence-electron chi connectivity index (χ0n) is 22.2. The van der Waals surface area contributed by atoms with Gasteiger partial charge in [0, 0.05) is 11.6 Å². The molecule has 39 heavy (non-hydrogen) atoms. The van der Waals surface area contributed by atoms with Crippen molar-refractivity contribution in [2.24, 2.45) is 11.8 Å². The first-order valence-electron chi connectivity index (χ1n) is 12.2. The lowest BCUT2D eigenvalue weighted by Gasteiger charge is -2.11. The van der Waals surface area contributed by atoms with Gasteiger partial charge < -0.3 is 18.9 Å². The molecule has 0 atom stereocenters. The van der Waals surface area contributed by atoms with Crippen LogP contribution in [-0.2, 0) is 9.59 Å². The lowest BCUT2D eigenvalue weighted by Crippen LogP contribution is -2.15. The third-order valence-corrected chi connectivity index (χ3v) is 5.27. The Kier molecular flexibility index (Phi) is 9.33. The molecule has 0 amide bonds. The molecule has 3 aromatic carbocycles. The van der Waals surface area contributed by atoms with Crippen molar-refractivity contribution < 1.29 is 42.9 Å². The molecule has 0 spiro atoms. The van der Waals surface area contributed by atoms with Gasteiger partial charge in [-0.3, -0.25) is 14.4 Å². The van der Waals surface area contributed by atoms with E-state index in [0.29, 0.717) is 0 Å². The van der Waals surface area contributed by atoms with Crippen molar-refractivity contribution in [3.8, 4) is 23.0 Å². The van der Waals surface area contributed by atoms with Crippen LogP contribution < -0.4 is 18.9 Å². The minimum absolute atomic E-state index is 0.0123. The fourth-order valence-electron chi connectivity index (χ4n) is 3.01. The molecule has 0 aliphatic rings. The maximum Gasteiger partial charge on any atom is 0.343 e. The van der Waals surface area contributed by atoms with Crippen LogP contribution in [0.5, 0.6) is 23.0 Å². The first kappa shape index (κ1) is 28.8. The highest BCUT2D eigenvalue weighted by molar-refractivity contribution is 5.97. The first-order valence-corrected chi connectivity index (χ1v) is 12.2. The largest absolute Gasteiger partial charge is 0.426 e. The highest BCUT2D eigenvalue weighted by atomic mass is 16.6. The van der Waals surface area contributed by atoms with Gasteiger partial charge >= 0.3 is 23.9 Å². The van der Waals surface area contributed by atoms with E-state index in [2.05, 4.69) is 0 Å². The number of ether oxygens (including phenoxy) is 4. The molecule has 0 radical (unpaired) electrons. The molecule has 3 aromatic rings. The number of hydrogen-bond donors (Lipinski definition) is 0. The number of carbonyl (C=O) groups excluding carboxylic acids is 5. The molecule has 0 bridgehead atoms. The lowest BCUT2D eigenvalue weighted by molar-refractivity contribution is -0.138. The molecule has 202 valence electrons. The molecule has 0 unspecified atom stereocenters. The van der Waals surface area contributed by atoms with Crippen LogP contribution >= 0.6 is 0 Å². The third kappa shape index (κ3) is 8.10. The number of Topliss-reactive ketones (excluding diaryl/α,β-unsaturated/α-hetero) is 1. The zero-order chi connectivity index (χ0) is 28.7. The topological polar surface area (TPSA) is 122 Å². The predicted molar refractivity (Wildman–Crippen MR) is 140 cm³/mol. The summed E-state index contributed by atoms with van der Waals surface area (Å²) in [4.78, 5) is 60.9. The summed E-state index contributed by atoms with van der Waals surface area (Å²) in [5, 5.41) is 0. The Hall–Kier alpha value is -4.79. The molecule has 9 heteroatoms. The smallest absolute Gasteiger partial charge is 0.343 e. The van der Waals surface area contributed by atoms with Gasteiger partial charge in [0.25, 0.3) is 0 Å². The number of rotatable bonds is 9. The highest BCUT2D eigenvalue weighted by Crippen LogP contribution is 2.26. The second-order valence-corrected chi connectivity index (χ2v) is 9.23. The average Bonchev–Trinajstić information content (AvgIpc) is 2.89. The minimum Gasteiger partial charge on any atom is -0.426 e. The monoisotopic (exact) mass is 532 g/mol. The van der Waals surface area contributed by atoms with Crippen LogP contribution in [0.3, 0.4) is 0 Å². The quantitative estimate of drug-likeness (QED) is 0.201. The normalized spacial score (nSPS) is 10.6. The van der Waals surface area contributed by atoms with Gasteiger partial charge in [0.15, 0.2) is 5.78 Å². The number of benzene rings is 3. The molecular weight excluding hydrogens is 504 g/mol. The molecule has 0 aromatic heterocycles. The van der Waals surface area contributed by atoms with Crippen molar-refractivity contribution in [3.63, 3.8) is 0 Å². The number of ketones is 1. The molecular formula is C30H28O9. The predicted octanol–water partition coefficient (Wildman–Crippen LogP) is 5.45. The summed E-state index contributed by atoms with van der Waals surface area (Å²) >= 11 is 0. The van der Waals surface area contributed by atoms with Crippen LogP contribution in [0.1, 0.15) is 65.7 Å². The van der Waals surface area contributed by atoms with Crippen LogP contribution in [-0.4, -0.2) is 29.7 Å². The van der Waals surface area contributed by atoms with Gasteiger partial charge in [-0.2, -0.15) is 0 Å². The van der Waals surface area contributed by atoms with Crippen molar-refractivity contribution in [2.75, 3.05) is 0 Å². The Bertz CT molecular complexity index is 1290. The van der Waals surface area contributed by atoms with Crippen LogP contribution in [0.25, 0.3) is 0 Å². The number of hydrogen-bond acceptors (Lipinski definition) is 9. The summed E-state index contributed by atoms with van der Waals surface area (Å²) in [6.07, 6.45) is 0. The summed E-state index contributed by atoms with van der Waals surface area (Å²) in [6.45, 7) is 8.14. The van der Waals surface area contributed by atoms with Crippen LogP contribution in [0.2, 0.25) is 0 Å². The van der Waals surface area contributed by atoms with Gasteiger partial charge in [-0.1, -0.05) is 27.7 Å². The third-order valence-electron chi connectivity index (χ3n) is 5.27. The summed E-state index contributed by atoms with van der Waals surface area (Å²) in [5.74, 6) is -2.68. The van der Waals surface area contributed by atoms with Gasteiger partial charge in [-0.15, -0.1) is 0 Å². The fourth-order valence-corrected chi connectivity index (χ4v) is 3.01. The van der Waals surface area contributed by atoms with Crippen LogP contribution in [0.15, 0.2) is 66.7 Å². The zero-order valence-corrected chi connectivity index (χ0v) is 22.2. The molecule has 0 N–H and O–H groups in total. The van der Waals surface area contributed by atoms with Crippen molar-refractivity contribution >= 4 is 29.7 Å². The molecule has 3 rings (SSSR count). The maximum atomic E-state index is 12.7. The van der Waals surface area contributed by atoms with E-state index in [-0.39, 0.29) is 57.3 Å². The Morgan fingerprint density at radius 2 is 0.846 bits per heavy atom. The second kappa shape index (κ2) is 12.6. The molecule has 0 aliphatic heterocycles. The van der Waals surface area contributed by atoms with Gasteiger partial charge in [0.05, 0.1) is 23.0 Å². The van der Waals surface area contributed by atoms with Crippen molar-refractivity contribution in [3.05, 3.63) is 83.4 Å². The molecule has 0 aliphatic carbocycles. The van der Waals surface area contributed by atoms with Gasteiger partial charge in [-0.05, 0) is 67.6 Å². The SMILES string of the molecule is CC(=O)c1cc(OC(=O)c2ccc(OC(=O)C(C)C)cc2)cc(OC(=O)c2ccc(OC(=O)C(C)C)cc2)c1. The Balaban J connectivity index is 1.73. The summed E-state index contributed by atoms with van der Waals surface area (Å²) in [7, 11) is 0. The van der Waals surface area contributed by atoms with Gasteiger partial charge in [0.1, 0.15) is 23.0 Å². The lowest BCUT2D eigenvalue weighted by atomic mass is 10.1. The van der Waals surface area contributed by atoms with Crippen LogP contribution in [0.4, 0.5) is 0 Å². The molecule has 0 heterocycles. The molecule has 0 fully saturated rings. The summed E-state index contributed by atoms with van der Waals surface area (Å²) in [5.41, 5.74) is 0.503.